The molecule has 0 saturated heterocycles. The summed E-state index contributed by atoms with van der Waals surface area (Å²) in [5.74, 6) is 0.589. The fourth-order valence-corrected chi connectivity index (χ4v) is 1.76. The molecule has 2 rings (SSSR count). The van der Waals surface area contributed by atoms with Crippen LogP contribution in [0.1, 0.15) is 12.0 Å². The molecular weight excluding hydrogens is 283 g/mol. The molecule has 7 heteroatoms. The molecule has 1 aromatic carbocycles. The zero-order valence-corrected chi connectivity index (χ0v) is 11.5. The van der Waals surface area contributed by atoms with Crippen molar-refractivity contribution in [2.75, 3.05) is 20.2 Å². The van der Waals surface area contributed by atoms with Crippen molar-refractivity contribution in [2.24, 2.45) is 0 Å². The normalized spacial score (nSPS) is 11.6. The lowest BCUT2D eigenvalue weighted by Gasteiger charge is -2.07. The van der Waals surface area contributed by atoms with Gasteiger partial charge < -0.3 is 10.1 Å². The van der Waals surface area contributed by atoms with Gasteiger partial charge in [0.05, 0.1) is 30.3 Å². The Kier molecular flexibility index (Phi) is 4.85. The van der Waals surface area contributed by atoms with Crippen LogP contribution in [0.3, 0.4) is 0 Å². The molecule has 21 heavy (non-hydrogen) atoms. The number of ether oxygens (including phenoxy) is 1. The summed E-state index contributed by atoms with van der Waals surface area (Å²) < 4.78 is 44.4. The Labute approximate surface area is 120 Å². The van der Waals surface area contributed by atoms with Crippen molar-refractivity contribution in [2.45, 2.75) is 12.6 Å². The third kappa shape index (κ3) is 4.22. The number of benzene rings is 1. The molecule has 0 unspecified atom stereocenters. The summed E-state index contributed by atoms with van der Waals surface area (Å²) in [5, 5.41) is 7.08. The average Bonchev–Trinajstić information content (AvgIpc) is 2.92. The zero-order chi connectivity index (χ0) is 15.3. The van der Waals surface area contributed by atoms with Crippen molar-refractivity contribution in [1.82, 2.24) is 15.1 Å². The summed E-state index contributed by atoms with van der Waals surface area (Å²) in [7, 11) is 1.86. The molecule has 0 aliphatic carbocycles. The van der Waals surface area contributed by atoms with Gasteiger partial charge >= 0.3 is 6.18 Å². The molecule has 2 aromatic rings. The number of nitrogens with zero attached hydrogens (tertiary/aromatic N) is 2. The van der Waals surface area contributed by atoms with Crippen molar-refractivity contribution < 1.29 is 17.9 Å². The van der Waals surface area contributed by atoms with Crippen molar-refractivity contribution in [3.8, 4) is 11.4 Å². The Hall–Kier alpha value is -2.02. The Balaban J connectivity index is 2.00. The highest BCUT2D eigenvalue weighted by Gasteiger charge is 2.30. The van der Waals surface area contributed by atoms with Crippen molar-refractivity contribution >= 4 is 0 Å². The van der Waals surface area contributed by atoms with Gasteiger partial charge in [0.15, 0.2) is 5.75 Å². The highest BCUT2D eigenvalue weighted by Crippen LogP contribution is 2.29. The van der Waals surface area contributed by atoms with Crippen LogP contribution in [0, 0.1) is 0 Å². The molecular formula is C14H16F3N3O. The van der Waals surface area contributed by atoms with E-state index in [1.807, 2.05) is 7.05 Å². The zero-order valence-electron chi connectivity index (χ0n) is 11.5. The van der Waals surface area contributed by atoms with Gasteiger partial charge in [0.1, 0.15) is 0 Å². The van der Waals surface area contributed by atoms with Crippen LogP contribution < -0.4 is 10.1 Å². The van der Waals surface area contributed by atoms with Crippen LogP contribution in [0.5, 0.6) is 5.75 Å². The van der Waals surface area contributed by atoms with Crippen molar-refractivity contribution in [1.29, 1.82) is 0 Å². The van der Waals surface area contributed by atoms with Gasteiger partial charge in [-0.2, -0.15) is 18.3 Å². The molecule has 114 valence electrons. The van der Waals surface area contributed by atoms with E-state index in [0.717, 1.165) is 25.1 Å². The fourth-order valence-electron chi connectivity index (χ4n) is 1.76. The molecule has 0 aliphatic rings. The maximum Gasteiger partial charge on any atom is 0.416 e. The quantitative estimate of drug-likeness (QED) is 0.834. The maximum atomic E-state index is 12.5. The lowest BCUT2D eigenvalue weighted by molar-refractivity contribution is -0.137. The summed E-state index contributed by atoms with van der Waals surface area (Å²) in [4.78, 5) is 0. The summed E-state index contributed by atoms with van der Waals surface area (Å²) in [6.07, 6.45) is -0.287. The molecule has 0 radical (unpaired) electrons. The third-order valence-corrected chi connectivity index (χ3v) is 2.86. The average molecular weight is 299 g/mol. The molecule has 4 nitrogen and oxygen atoms in total. The standard InChI is InChI=1S/C14H16F3N3O/c1-18-7-2-8-21-13-9-19-20(10-13)12-5-3-11(4-6-12)14(15,16)17/h3-6,9-10,18H,2,7-8H2,1H3. The van der Waals surface area contributed by atoms with Crippen LogP contribution in [-0.4, -0.2) is 30.0 Å². The molecule has 0 fully saturated rings. The number of alkyl halides is 3. The lowest BCUT2D eigenvalue weighted by atomic mass is 10.2. The first kappa shape index (κ1) is 15.4. The Bertz CT molecular complexity index is 564. The molecule has 0 spiro atoms. The van der Waals surface area contributed by atoms with Gasteiger partial charge in [0.2, 0.25) is 0 Å². The van der Waals surface area contributed by atoms with Crippen molar-refractivity contribution in [3.63, 3.8) is 0 Å². The molecule has 0 saturated carbocycles. The first-order valence-corrected chi connectivity index (χ1v) is 6.50. The van der Waals surface area contributed by atoms with E-state index in [1.165, 1.54) is 23.0 Å². The second-order valence-electron chi connectivity index (χ2n) is 4.47. The van der Waals surface area contributed by atoms with Crippen LogP contribution in [0.15, 0.2) is 36.7 Å². The van der Waals surface area contributed by atoms with E-state index in [9.17, 15) is 13.2 Å². The molecule has 0 aliphatic heterocycles. The van der Waals surface area contributed by atoms with Crippen LogP contribution in [0.4, 0.5) is 13.2 Å². The topological polar surface area (TPSA) is 39.1 Å². The summed E-state index contributed by atoms with van der Waals surface area (Å²) in [5.41, 5.74) is -0.130. The second kappa shape index (κ2) is 6.62. The summed E-state index contributed by atoms with van der Waals surface area (Å²) >= 11 is 0. The summed E-state index contributed by atoms with van der Waals surface area (Å²) in [6, 6.07) is 4.82. The van der Waals surface area contributed by atoms with Gasteiger partial charge in [-0.3, -0.25) is 0 Å². The van der Waals surface area contributed by atoms with Crippen molar-refractivity contribution in [3.05, 3.63) is 42.2 Å². The van der Waals surface area contributed by atoms with Crippen LogP contribution in [0.2, 0.25) is 0 Å². The fraction of sp³-hybridized carbons (Fsp3) is 0.357. The predicted molar refractivity (Wildman–Crippen MR) is 72.6 cm³/mol. The predicted octanol–water partition coefficient (Wildman–Crippen LogP) is 2.88. The molecule has 0 bridgehead atoms. The number of rotatable bonds is 6. The SMILES string of the molecule is CNCCCOc1cnn(-c2ccc(C(F)(F)F)cc2)c1. The molecule has 1 N–H and O–H groups in total. The van der Waals surface area contributed by atoms with E-state index >= 15 is 0 Å². The number of nitrogens with one attached hydrogen (secondary N) is 1. The van der Waals surface area contributed by atoms with Crippen LogP contribution >= 0.6 is 0 Å². The van der Waals surface area contributed by atoms with Gasteiger partial charge in [-0.15, -0.1) is 0 Å². The molecule has 0 atom stereocenters. The lowest BCUT2D eigenvalue weighted by Crippen LogP contribution is -2.11. The highest BCUT2D eigenvalue weighted by atomic mass is 19.4. The maximum absolute atomic E-state index is 12.5. The van der Waals surface area contributed by atoms with E-state index in [0.29, 0.717) is 18.0 Å². The van der Waals surface area contributed by atoms with E-state index in [1.54, 1.807) is 6.20 Å². The van der Waals surface area contributed by atoms with E-state index in [-0.39, 0.29) is 0 Å². The van der Waals surface area contributed by atoms with E-state index in [2.05, 4.69) is 10.4 Å². The first-order chi connectivity index (χ1) is 10.0. The van der Waals surface area contributed by atoms with E-state index < -0.39 is 11.7 Å². The molecule has 1 aromatic heterocycles. The smallest absolute Gasteiger partial charge is 0.416 e. The number of hydrogen-bond acceptors (Lipinski definition) is 3. The minimum absolute atomic E-state index is 0.549. The van der Waals surface area contributed by atoms with Gasteiger partial charge in [0.25, 0.3) is 0 Å². The Morgan fingerprint density at radius 3 is 2.57 bits per heavy atom. The molecule has 0 amide bonds. The van der Waals surface area contributed by atoms with Gasteiger partial charge in [-0.05, 0) is 44.3 Å². The van der Waals surface area contributed by atoms with Crippen LogP contribution in [0.25, 0.3) is 5.69 Å². The summed E-state index contributed by atoms with van der Waals surface area (Å²) in [6.45, 7) is 1.41. The first-order valence-electron chi connectivity index (χ1n) is 6.50. The Morgan fingerprint density at radius 1 is 1.24 bits per heavy atom. The largest absolute Gasteiger partial charge is 0.490 e. The number of aromatic nitrogens is 2. The molecule has 1 heterocycles. The van der Waals surface area contributed by atoms with Gasteiger partial charge in [-0.1, -0.05) is 0 Å². The minimum Gasteiger partial charge on any atom is -0.490 e. The monoisotopic (exact) mass is 299 g/mol. The third-order valence-electron chi connectivity index (χ3n) is 2.86. The highest BCUT2D eigenvalue weighted by molar-refractivity contribution is 5.36. The van der Waals surface area contributed by atoms with Gasteiger partial charge in [-0.25, -0.2) is 4.68 Å². The number of hydrogen-bond donors (Lipinski definition) is 1. The van der Waals surface area contributed by atoms with Gasteiger partial charge in [0, 0.05) is 0 Å². The second-order valence-corrected chi connectivity index (χ2v) is 4.47. The minimum atomic E-state index is -4.33. The number of halogens is 3. The van der Waals surface area contributed by atoms with E-state index in [4.69, 9.17) is 4.74 Å². The van der Waals surface area contributed by atoms with Crippen LogP contribution in [-0.2, 0) is 6.18 Å². The Morgan fingerprint density at radius 2 is 1.95 bits per heavy atom.